The number of ether oxygens (including phenoxy) is 1. The average Bonchev–Trinajstić information content (AvgIpc) is 2.92. The van der Waals surface area contributed by atoms with Gasteiger partial charge in [0, 0.05) is 0 Å². The molecule has 0 bridgehead atoms. The van der Waals surface area contributed by atoms with Gasteiger partial charge in [0.2, 0.25) is 5.95 Å². The van der Waals surface area contributed by atoms with Gasteiger partial charge in [-0.1, -0.05) is 0 Å². The Labute approximate surface area is 106 Å². The van der Waals surface area contributed by atoms with Crippen molar-refractivity contribution in [2.75, 3.05) is 18.9 Å². The lowest BCUT2D eigenvalue weighted by molar-refractivity contribution is 0.00206. The summed E-state index contributed by atoms with van der Waals surface area (Å²) in [5.74, 6) is -0.0219. The predicted molar refractivity (Wildman–Crippen MR) is 64.4 cm³/mol. The zero-order valence-electron chi connectivity index (χ0n) is 9.85. The molecule has 9 heteroatoms. The summed E-state index contributed by atoms with van der Waals surface area (Å²) < 4.78 is 6.81. The van der Waals surface area contributed by atoms with Crippen LogP contribution in [-0.4, -0.2) is 55.2 Å². The number of aromatic nitrogens is 4. The molecule has 102 valence electrons. The van der Waals surface area contributed by atoms with Crippen LogP contribution in [0.15, 0.2) is 11.1 Å². The zero-order valence-corrected chi connectivity index (χ0v) is 9.85. The van der Waals surface area contributed by atoms with E-state index in [0.717, 1.165) is 0 Å². The highest BCUT2D eigenvalue weighted by molar-refractivity contribution is 5.70. The van der Waals surface area contributed by atoms with Crippen molar-refractivity contribution in [1.29, 1.82) is 0 Å². The van der Waals surface area contributed by atoms with Gasteiger partial charge in [-0.25, -0.2) is 4.98 Å². The van der Waals surface area contributed by atoms with Gasteiger partial charge in [0.05, 0.1) is 25.6 Å². The topological polar surface area (TPSA) is 139 Å². The maximum Gasteiger partial charge on any atom is 0.280 e. The van der Waals surface area contributed by atoms with Crippen LogP contribution < -0.4 is 11.3 Å². The highest BCUT2D eigenvalue weighted by atomic mass is 16.5. The maximum absolute atomic E-state index is 11.6. The van der Waals surface area contributed by atoms with Gasteiger partial charge in [-0.05, 0) is 0 Å². The van der Waals surface area contributed by atoms with E-state index in [4.69, 9.17) is 15.6 Å². The molecule has 3 atom stereocenters. The first kappa shape index (κ1) is 12.1. The smallest absolute Gasteiger partial charge is 0.280 e. The largest absolute Gasteiger partial charge is 0.394 e. The molecule has 0 unspecified atom stereocenters. The van der Waals surface area contributed by atoms with Gasteiger partial charge in [0.1, 0.15) is 12.2 Å². The summed E-state index contributed by atoms with van der Waals surface area (Å²) in [7, 11) is 0. The quantitative estimate of drug-likeness (QED) is 0.493. The monoisotopic (exact) mass is 267 g/mol. The molecule has 0 radical (unpaired) electrons. The first-order valence-corrected chi connectivity index (χ1v) is 5.74. The third kappa shape index (κ3) is 1.79. The minimum absolute atomic E-state index is 0.0219. The summed E-state index contributed by atoms with van der Waals surface area (Å²) in [5.41, 5.74) is 5.49. The lowest BCUT2D eigenvalue weighted by Gasteiger charge is -2.17. The van der Waals surface area contributed by atoms with Gasteiger partial charge in [0.25, 0.3) is 5.56 Å². The van der Waals surface area contributed by atoms with Crippen molar-refractivity contribution in [3.05, 3.63) is 16.7 Å². The molecule has 1 fully saturated rings. The van der Waals surface area contributed by atoms with E-state index in [1.54, 1.807) is 4.57 Å². The number of nitrogen functional groups attached to an aromatic ring is 1. The number of H-pyrrole nitrogens is 1. The average molecular weight is 267 g/mol. The van der Waals surface area contributed by atoms with Crippen LogP contribution in [0, 0.1) is 0 Å². The Balaban J connectivity index is 2.09. The number of nitrogens with zero attached hydrogens (tertiary/aromatic N) is 3. The van der Waals surface area contributed by atoms with Crippen LogP contribution in [0.1, 0.15) is 6.04 Å². The number of imidazole rings is 1. The van der Waals surface area contributed by atoms with Crippen LogP contribution in [0.2, 0.25) is 0 Å². The van der Waals surface area contributed by atoms with E-state index in [-0.39, 0.29) is 30.3 Å². The molecule has 2 aromatic rings. The minimum atomic E-state index is -0.898. The number of rotatable bonds is 2. The number of nitrogens with two attached hydrogens (primary N) is 1. The van der Waals surface area contributed by atoms with E-state index in [2.05, 4.69) is 15.0 Å². The molecule has 5 N–H and O–H groups in total. The van der Waals surface area contributed by atoms with Gasteiger partial charge in [-0.2, -0.15) is 4.98 Å². The molecule has 1 aliphatic heterocycles. The van der Waals surface area contributed by atoms with E-state index in [1.165, 1.54) is 6.33 Å². The first-order valence-electron chi connectivity index (χ1n) is 5.74. The van der Waals surface area contributed by atoms with Crippen molar-refractivity contribution < 1.29 is 14.9 Å². The maximum atomic E-state index is 11.6. The first-order chi connectivity index (χ1) is 9.11. The van der Waals surface area contributed by atoms with Gasteiger partial charge in [0.15, 0.2) is 11.2 Å². The summed E-state index contributed by atoms with van der Waals surface area (Å²) in [6.45, 7) is -0.0767. The molecular weight excluding hydrogens is 254 g/mol. The van der Waals surface area contributed by atoms with Crippen LogP contribution in [0.3, 0.4) is 0 Å². The number of fused-ring (bicyclic) bond motifs is 1. The Hall–Kier alpha value is -1.97. The van der Waals surface area contributed by atoms with Crippen molar-refractivity contribution >= 4 is 17.1 Å². The van der Waals surface area contributed by atoms with Crippen molar-refractivity contribution in [1.82, 2.24) is 19.5 Å². The van der Waals surface area contributed by atoms with E-state index in [9.17, 15) is 9.90 Å². The Morgan fingerprint density at radius 2 is 2.42 bits per heavy atom. The lowest BCUT2D eigenvalue weighted by Crippen LogP contribution is -2.30. The normalized spacial score (nSPS) is 27.2. The van der Waals surface area contributed by atoms with Crippen LogP contribution in [0.5, 0.6) is 0 Å². The van der Waals surface area contributed by atoms with E-state index < -0.39 is 23.8 Å². The van der Waals surface area contributed by atoms with Crippen molar-refractivity contribution in [3.63, 3.8) is 0 Å². The van der Waals surface area contributed by atoms with Crippen molar-refractivity contribution in [2.24, 2.45) is 0 Å². The summed E-state index contributed by atoms with van der Waals surface area (Å²) >= 11 is 0. The third-order valence-electron chi connectivity index (χ3n) is 3.24. The number of hydrogen-bond acceptors (Lipinski definition) is 7. The number of aromatic amines is 1. The molecule has 0 spiro atoms. The molecule has 0 aliphatic carbocycles. The fraction of sp³-hybridized carbons (Fsp3) is 0.500. The second-order valence-electron chi connectivity index (χ2n) is 4.39. The summed E-state index contributed by atoms with van der Waals surface area (Å²) in [4.78, 5) is 22.0. The van der Waals surface area contributed by atoms with Crippen LogP contribution in [0.4, 0.5) is 5.95 Å². The molecule has 0 saturated carbocycles. The Kier molecular flexibility index (Phi) is 2.73. The van der Waals surface area contributed by atoms with Gasteiger partial charge in [-0.3, -0.25) is 9.78 Å². The Morgan fingerprint density at radius 1 is 1.63 bits per heavy atom. The number of aliphatic hydroxyl groups is 2. The summed E-state index contributed by atoms with van der Waals surface area (Å²) in [6, 6.07) is -0.462. The third-order valence-corrected chi connectivity index (χ3v) is 3.24. The van der Waals surface area contributed by atoms with Crippen molar-refractivity contribution in [3.8, 4) is 0 Å². The minimum Gasteiger partial charge on any atom is -0.394 e. The second kappa shape index (κ2) is 4.30. The molecule has 3 heterocycles. The highest BCUT2D eigenvalue weighted by Crippen LogP contribution is 2.26. The van der Waals surface area contributed by atoms with Crippen LogP contribution >= 0.6 is 0 Å². The predicted octanol–water partition coefficient (Wildman–Crippen LogP) is -2.01. The standard InChI is InChI=1S/C10H13N5O4/c11-10-13-8-6(9(18)14-10)12-3-15(8)4-2-19-5(1-16)7(4)17/h3-5,7,16-17H,1-2H2,(H3,11,13,14,18)/t4-,5-,7+/m1/s1. The fourth-order valence-corrected chi connectivity index (χ4v) is 2.26. The van der Waals surface area contributed by atoms with Gasteiger partial charge in [-0.15, -0.1) is 0 Å². The lowest BCUT2D eigenvalue weighted by atomic mass is 10.1. The Morgan fingerprint density at radius 3 is 3.11 bits per heavy atom. The molecule has 3 rings (SSSR count). The molecular formula is C10H13N5O4. The van der Waals surface area contributed by atoms with E-state index in [1.807, 2.05) is 0 Å². The summed E-state index contributed by atoms with van der Waals surface area (Å²) in [6.07, 6.45) is -0.143. The van der Waals surface area contributed by atoms with Gasteiger partial charge < -0.3 is 25.3 Å². The summed E-state index contributed by atoms with van der Waals surface area (Å²) in [5, 5.41) is 19.1. The molecule has 0 aromatic carbocycles. The number of hydrogen-bond donors (Lipinski definition) is 4. The molecule has 1 saturated heterocycles. The fourth-order valence-electron chi connectivity index (χ4n) is 2.26. The van der Waals surface area contributed by atoms with Gasteiger partial charge >= 0.3 is 0 Å². The molecule has 19 heavy (non-hydrogen) atoms. The number of aliphatic hydroxyl groups excluding tert-OH is 2. The zero-order chi connectivity index (χ0) is 13.6. The SMILES string of the molecule is Nc1nc2c(ncn2[C@@H]2CO[C@H](CO)[C@H]2O)c(=O)[nH]1. The van der Waals surface area contributed by atoms with E-state index in [0.29, 0.717) is 0 Å². The molecule has 1 aliphatic rings. The molecule has 0 amide bonds. The van der Waals surface area contributed by atoms with Crippen LogP contribution in [0.25, 0.3) is 11.2 Å². The van der Waals surface area contributed by atoms with Crippen molar-refractivity contribution in [2.45, 2.75) is 18.2 Å². The highest BCUT2D eigenvalue weighted by Gasteiger charge is 2.37. The second-order valence-corrected chi connectivity index (χ2v) is 4.39. The molecule has 2 aromatic heterocycles. The number of anilines is 1. The Bertz CT molecular complexity index is 665. The molecule has 9 nitrogen and oxygen atoms in total. The van der Waals surface area contributed by atoms with Crippen LogP contribution in [-0.2, 0) is 4.74 Å². The van der Waals surface area contributed by atoms with E-state index >= 15 is 0 Å². The number of nitrogens with one attached hydrogen (secondary N) is 1.